The van der Waals surface area contributed by atoms with Gasteiger partial charge in [-0.25, -0.2) is 0 Å². The van der Waals surface area contributed by atoms with E-state index in [0.717, 1.165) is 18.4 Å². The number of phenols is 3. The summed E-state index contributed by atoms with van der Waals surface area (Å²) in [6, 6.07) is 13.3. The van der Waals surface area contributed by atoms with Gasteiger partial charge in [0.2, 0.25) is 0 Å². The van der Waals surface area contributed by atoms with E-state index in [1.54, 1.807) is 42.5 Å². The van der Waals surface area contributed by atoms with Crippen LogP contribution in [0.2, 0.25) is 0 Å². The second-order valence-corrected chi connectivity index (χ2v) is 8.79. The van der Waals surface area contributed by atoms with Crippen LogP contribution < -0.4 is 14.2 Å². The first-order chi connectivity index (χ1) is 17.2. The van der Waals surface area contributed by atoms with Crippen LogP contribution in [0.1, 0.15) is 33.6 Å². The van der Waals surface area contributed by atoms with Crippen molar-refractivity contribution in [2.45, 2.75) is 33.6 Å². The lowest BCUT2D eigenvalue weighted by atomic mass is 9.96. The lowest BCUT2D eigenvalue weighted by Crippen LogP contribution is -1.97. The second kappa shape index (κ2) is 12.1. The van der Waals surface area contributed by atoms with E-state index in [9.17, 15) is 15.3 Å². The smallest absolute Gasteiger partial charge is 0.170 e. The van der Waals surface area contributed by atoms with Gasteiger partial charge in [0.1, 0.15) is 18.1 Å². The average molecular weight is 491 g/mol. The predicted molar refractivity (Wildman–Crippen MR) is 143 cm³/mol. The summed E-state index contributed by atoms with van der Waals surface area (Å²) >= 11 is 0. The Morgan fingerprint density at radius 3 is 2.11 bits per heavy atom. The average Bonchev–Trinajstić information content (AvgIpc) is 2.84. The highest BCUT2D eigenvalue weighted by molar-refractivity contribution is 5.88. The molecule has 0 saturated carbocycles. The molecule has 0 fully saturated rings. The van der Waals surface area contributed by atoms with Crippen molar-refractivity contribution < 1.29 is 29.5 Å². The van der Waals surface area contributed by atoms with E-state index < -0.39 is 0 Å². The highest BCUT2D eigenvalue weighted by atomic mass is 16.5. The molecule has 0 amide bonds. The van der Waals surface area contributed by atoms with Crippen LogP contribution in [0.4, 0.5) is 0 Å². The van der Waals surface area contributed by atoms with E-state index in [-0.39, 0.29) is 23.0 Å². The number of hydrogen-bond acceptors (Lipinski definition) is 6. The molecule has 0 aliphatic carbocycles. The van der Waals surface area contributed by atoms with Gasteiger partial charge in [0.15, 0.2) is 23.0 Å². The van der Waals surface area contributed by atoms with Gasteiger partial charge in [0.25, 0.3) is 0 Å². The molecule has 0 aliphatic rings. The third-order valence-corrected chi connectivity index (χ3v) is 5.83. The minimum Gasteiger partial charge on any atom is -0.508 e. The number of ether oxygens (including phenoxy) is 3. The van der Waals surface area contributed by atoms with Crippen molar-refractivity contribution in [2.75, 3.05) is 20.8 Å². The van der Waals surface area contributed by atoms with Crippen molar-refractivity contribution in [3.8, 4) is 56.8 Å². The Bertz CT molecular complexity index is 1250. The van der Waals surface area contributed by atoms with Crippen LogP contribution >= 0.6 is 0 Å². The molecule has 190 valence electrons. The van der Waals surface area contributed by atoms with Gasteiger partial charge in [-0.3, -0.25) is 0 Å². The summed E-state index contributed by atoms with van der Waals surface area (Å²) in [5.41, 5.74) is 4.79. The third-order valence-electron chi connectivity index (χ3n) is 5.83. The van der Waals surface area contributed by atoms with Crippen molar-refractivity contribution in [2.24, 2.45) is 0 Å². The zero-order valence-corrected chi connectivity index (χ0v) is 21.5. The standard InChI is InChI=1S/C30H34O6/c1-19(2)7-6-8-20(3)15-16-36-26-14-11-22(17-25(26)32)28-27(34-4)18-24(30(35-5)29(28)33)21-9-12-23(31)13-10-21/h7,9-15,17-18,31-33H,6,8,16H2,1-5H3/b20-15+. The van der Waals surface area contributed by atoms with E-state index in [2.05, 4.69) is 26.8 Å². The molecule has 6 nitrogen and oxygen atoms in total. The Labute approximate surface area is 212 Å². The highest BCUT2D eigenvalue weighted by Crippen LogP contribution is 2.50. The first-order valence-electron chi connectivity index (χ1n) is 11.8. The van der Waals surface area contributed by atoms with Gasteiger partial charge in [-0.2, -0.15) is 0 Å². The van der Waals surface area contributed by atoms with E-state index in [4.69, 9.17) is 14.2 Å². The van der Waals surface area contributed by atoms with Crippen LogP contribution in [-0.2, 0) is 0 Å². The van der Waals surface area contributed by atoms with Crippen molar-refractivity contribution >= 4 is 0 Å². The molecule has 0 radical (unpaired) electrons. The fourth-order valence-electron chi connectivity index (χ4n) is 3.89. The molecule has 0 spiro atoms. The summed E-state index contributed by atoms with van der Waals surface area (Å²) < 4.78 is 16.9. The summed E-state index contributed by atoms with van der Waals surface area (Å²) in [4.78, 5) is 0. The summed E-state index contributed by atoms with van der Waals surface area (Å²) in [7, 11) is 2.98. The zero-order valence-electron chi connectivity index (χ0n) is 21.5. The van der Waals surface area contributed by atoms with Crippen molar-refractivity contribution in [3.05, 3.63) is 71.8 Å². The number of aromatic hydroxyl groups is 3. The van der Waals surface area contributed by atoms with Gasteiger partial charge in [-0.05, 0) is 81.1 Å². The minimum atomic E-state index is -0.122. The van der Waals surface area contributed by atoms with Crippen LogP contribution in [0.15, 0.2) is 71.8 Å². The van der Waals surface area contributed by atoms with Gasteiger partial charge in [-0.1, -0.05) is 35.4 Å². The molecule has 3 N–H and O–H groups in total. The van der Waals surface area contributed by atoms with E-state index in [1.165, 1.54) is 31.4 Å². The lowest BCUT2D eigenvalue weighted by molar-refractivity contribution is 0.335. The number of phenolic OH excluding ortho intramolecular Hbond substituents is 3. The molecular weight excluding hydrogens is 456 g/mol. The van der Waals surface area contributed by atoms with Crippen LogP contribution in [0.25, 0.3) is 22.3 Å². The normalized spacial score (nSPS) is 11.2. The molecule has 36 heavy (non-hydrogen) atoms. The van der Waals surface area contributed by atoms with Gasteiger partial charge < -0.3 is 29.5 Å². The van der Waals surface area contributed by atoms with Gasteiger partial charge in [-0.15, -0.1) is 0 Å². The molecule has 3 aromatic rings. The van der Waals surface area contributed by atoms with Crippen molar-refractivity contribution in [1.29, 1.82) is 0 Å². The lowest BCUT2D eigenvalue weighted by Gasteiger charge is -2.18. The summed E-state index contributed by atoms with van der Waals surface area (Å²) in [5.74, 6) is 0.967. The van der Waals surface area contributed by atoms with Gasteiger partial charge in [0.05, 0.1) is 19.8 Å². The molecule has 0 heterocycles. The summed E-state index contributed by atoms with van der Waals surface area (Å²) in [6.07, 6.45) is 6.16. The number of rotatable bonds is 10. The Balaban J connectivity index is 1.88. The molecule has 0 aliphatic heterocycles. The molecule has 0 aromatic heterocycles. The maximum Gasteiger partial charge on any atom is 0.170 e. The Morgan fingerprint density at radius 1 is 0.806 bits per heavy atom. The molecule has 6 heteroatoms. The molecule has 0 unspecified atom stereocenters. The predicted octanol–water partition coefficient (Wildman–Crippen LogP) is 7.23. The van der Waals surface area contributed by atoms with E-state index in [0.29, 0.717) is 34.8 Å². The number of allylic oxidation sites excluding steroid dienone is 3. The fraction of sp³-hybridized carbons (Fsp3) is 0.267. The fourth-order valence-corrected chi connectivity index (χ4v) is 3.89. The maximum absolute atomic E-state index is 11.1. The van der Waals surface area contributed by atoms with E-state index in [1.807, 2.05) is 6.08 Å². The number of benzene rings is 3. The topological polar surface area (TPSA) is 88.4 Å². The monoisotopic (exact) mass is 490 g/mol. The van der Waals surface area contributed by atoms with Gasteiger partial charge >= 0.3 is 0 Å². The Hall–Kier alpha value is -4.06. The quantitative estimate of drug-likeness (QED) is 0.260. The summed E-state index contributed by atoms with van der Waals surface area (Å²) in [5, 5.41) is 31.4. The van der Waals surface area contributed by atoms with Crippen molar-refractivity contribution in [1.82, 2.24) is 0 Å². The van der Waals surface area contributed by atoms with Crippen LogP contribution in [0, 0.1) is 0 Å². The first-order valence-corrected chi connectivity index (χ1v) is 11.8. The molecule has 0 atom stereocenters. The molecule has 0 bridgehead atoms. The van der Waals surface area contributed by atoms with Gasteiger partial charge in [0, 0.05) is 5.56 Å². The maximum atomic E-state index is 11.1. The summed E-state index contributed by atoms with van der Waals surface area (Å²) in [6.45, 7) is 6.58. The molecule has 3 aromatic carbocycles. The first kappa shape index (κ1) is 26.5. The molecule has 0 saturated heterocycles. The molecule has 3 rings (SSSR count). The highest BCUT2D eigenvalue weighted by Gasteiger charge is 2.22. The zero-order chi connectivity index (χ0) is 26.2. The van der Waals surface area contributed by atoms with Crippen LogP contribution in [0.5, 0.6) is 34.5 Å². The van der Waals surface area contributed by atoms with Crippen LogP contribution in [-0.4, -0.2) is 36.1 Å². The van der Waals surface area contributed by atoms with Crippen molar-refractivity contribution in [3.63, 3.8) is 0 Å². The SMILES string of the molecule is COc1cc(-c2ccc(O)cc2)c(OC)c(O)c1-c1ccc(OC/C=C(\C)CCC=C(C)C)c(O)c1. The number of hydrogen-bond donors (Lipinski definition) is 3. The third kappa shape index (κ3) is 6.33. The minimum absolute atomic E-state index is 0.0499. The van der Waals surface area contributed by atoms with E-state index >= 15 is 0 Å². The Kier molecular flexibility index (Phi) is 8.90. The second-order valence-electron chi connectivity index (χ2n) is 8.79. The van der Waals surface area contributed by atoms with Crippen LogP contribution in [0.3, 0.4) is 0 Å². The number of methoxy groups -OCH3 is 2. The Morgan fingerprint density at radius 2 is 1.50 bits per heavy atom. The molecular formula is C30H34O6. The largest absolute Gasteiger partial charge is 0.508 e.